The third-order valence-corrected chi connectivity index (χ3v) is 6.35. The van der Waals surface area contributed by atoms with Crippen molar-refractivity contribution in [3.8, 4) is 33.6 Å². The fourth-order valence-electron chi connectivity index (χ4n) is 4.24. The first-order chi connectivity index (χ1) is 18.5. The number of carbonyl (C=O) groups is 2. The normalized spacial score (nSPS) is 10.8. The summed E-state index contributed by atoms with van der Waals surface area (Å²) in [5.74, 6) is -1.50. The second-order valence-corrected chi connectivity index (χ2v) is 9.21. The lowest BCUT2D eigenvalue weighted by Gasteiger charge is -2.07. The Balaban J connectivity index is 1.42. The van der Waals surface area contributed by atoms with Crippen molar-refractivity contribution in [2.45, 2.75) is 51.6 Å². The van der Waals surface area contributed by atoms with Crippen LogP contribution in [0.5, 0.6) is 0 Å². The second kappa shape index (κ2) is 13.2. The monoisotopic (exact) mass is 512 g/mol. The minimum absolute atomic E-state index is 0.203. The molecule has 0 aliphatic heterocycles. The van der Waals surface area contributed by atoms with Crippen molar-refractivity contribution < 1.29 is 28.9 Å². The van der Waals surface area contributed by atoms with Gasteiger partial charge in [-0.25, -0.2) is 9.13 Å². The van der Waals surface area contributed by atoms with Crippen LogP contribution >= 0.6 is 0 Å². The van der Waals surface area contributed by atoms with Gasteiger partial charge in [-0.1, -0.05) is 0 Å². The van der Waals surface area contributed by atoms with Crippen molar-refractivity contribution in [1.29, 1.82) is 0 Å². The predicted octanol–water partition coefficient (Wildman–Crippen LogP) is 4.56. The maximum atomic E-state index is 10.7. The molecule has 4 aromatic heterocycles. The number of aryl methyl sites for hydroxylation is 2. The molecule has 8 nitrogen and oxygen atoms in total. The van der Waals surface area contributed by atoms with Crippen LogP contribution in [-0.4, -0.2) is 32.1 Å². The molecular weight excluding hydrogens is 480 g/mol. The molecule has 0 saturated carbocycles. The van der Waals surface area contributed by atoms with Crippen LogP contribution in [0.3, 0.4) is 0 Å². The van der Waals surface area contributed by atoms with E-state index in [1.165, 1.54) is 0 Å². The molecule has 38 heavy (non-hydrogen) atoms. The van der Waals surface area contributed by atoms with Crippen LogP contribution in [0.25, 0.3) is 33.6 Å². The zero-order valence-electron chi connectivity index (χ0n) is 21.2. The summed E-state index contributed by atoms with van der Waals surface area (Å²) in [5.41, 5.74) is 5.82. The number of pyridine rings is 4. The third-order valence-electron chi connectivity index (χ3n) is 6.35. The number of rotatable bonds is 13. The van der Waals surface area contributed by atoms with E-state index in [-0.39, 0.29) is 12.8 Å². The van der Waals surface area contributed by atoms with Crippen LogP contribution in [0.4, 0.5) is 0 Å². The summed E-state index contributed by atoms with van der Waals surface area (Å²) < 4.78 is 4.14. The Hall–Kier alpha value is -4.46. The quantitative estimate of drug-likeness (QED) is 0.201. The van der Waals surface area contributed by atoms with Crippen LogP contribution in [0, 0.1) is 0 Å². The Morgan fingerprint density at radius 2 is 0.974 bits per heavy atom. The molecule has 0 unspecified atom stereocenters. The minimum atomic E-state index is -0.752. The van der Waals surface area contributed by atoms with Gasteiger partial charge < -0.3 is 10.2 Å². The van der Waals surface area contributed by atoms with E-state index >= 15 is 0 Å². The van der Waals surface area contributed by atoms with E-state index in [0.717, 1.165) is 59.6 Å². The van der Waals surface area contributed by atoms with Gasteiger partial charge in [-0.15, -0.1) is 0 Å². The molecule has 4 rings (SSSR count). The summed E-state index contributed by atoms with van der Waals surface area (Å²) in [6.45, 7) is 1.58. The SMILES string of the molecule is O=C(O)CCCC[n+]1ccc(-c2ccnc(-c3cc(-c4cc[n+](CCCCC(=O)O)cc4)ccn3)c2)cc1. The van der Waals surface area contributed by atoms with Crippen LogP contribution < -0.4 is 9.13 Å². The van der Waals surface area contributed by atoms with Gasteiger partial charge in [0.25, 0.3) is 0 Å². The minimum Gasteiger partial charge on any atom is -0.481 e. The Morgan fingerprint density at radius 1 is 0.579 bits per heavy atom. The molecule has 0 aliphatic carbocycles. The molecule has 0 radical (unpaired) electrons. The van der Waals surface area contributed by atoms with Crippen molar-refractivity contribution >= 4 is 11.9 Å². The molecular formula is C30H32N4O4+2. The van der Waals surface area contributed by atoms with Gasteiger partial charge in [0.1, 0.15) is 13.1 Å². The zero-order valence-corrected chi connectivity index (χ0v) is 21.2. The van der Waals surface area contributed by atoms with E-state index in [2.05, 4.69) is 43.4 Å². The van der Waals surface area contributed by atoms with Gasteiger partial charge in [0.05, 0.1) is 11.4 Å². The molecule has 0 spiro atoms. The van der Waals surface area contributed by atoms with Gasteiger partial charge in [-0.05, 0) is 59.4 Å². The number of aliphatic carboxylic acids is 2. The molecule has 194 valence electrons. The molecule has 8 heteroatoms. The van der Waals surface area contributed by atoms with Gasteiger partial charge in [0.15, 0.2) is 24.8 Å². The van der Waals surface area contributed by atoms with Crippen LogP contribution in [-0.2, 0) is 22.7 Å². The van der Waals surface area contributed by atoms with E-state index in [4.69, 9.17) is 10.2 Å². The highest BCUT2D eigenvalue weighted by atomic mass is 16.4. The number of nitrogens with zero attached hydrogens (tertiary/aromatic N) is 4. The summed E-state index contributed by atoms with van der Waals surface area (Å²) in [6, 6.07) is 16.3. The van der Waals surface area contributed by atoms with E-state index in [1.54, 1.807) is 12.4 Å². The number of hydrogen-bond acceptors (Lipinski definition) is 4. The maximum absolute atomic E-state index is 10.7. The van der Waals surface area contributed by atoms with E-state index in [9.17, 15) is 9.59 Å². The number of carboxylic acids is 2. The number of carboxylic acid groups (broad SMARTS) is 2. The highest BCUT2D eigenvalue weighted by molar-refractivity contribution is 5.72. The van der Waals surface area contributed by atoms with Crippen LogP contribution in [0.2, 0.25) is 0 Å². The second-order valence-electron chi connectivity index (χ2n) is 9.21. The van der Waals surface area contributed by atoms with Crippen molar-refractivity contribution in [3.63, 3.8) is 0 Å². The summed E-state index contributed by atoms with van der Waals surface area (Å²) in [6.07, 6.45) is 15.0. The van der Waals surface area contributed by atoms with Crippen molar-refractivity contribution in [2.24, 2.45) is 0 Å². The first kappa shape index (κ1) is 26.6. The predicted molar refractivity (Wildman–Crippen MR) is 142 cm³/mol. The molecule has 0 fully saturated rings. The summed E-state index contributed by atoms with van der Waals surface area (Å²) in [7, 11) is 0. The largest absolute Gasteiger partial charge is 0.481 e. The fraction of sp³-hybridized carbons (Fsp3) is 0.267. The van der Waals surface area contributed by atoms with Crippen LogP contribution in [0.1, 0.15) is 38.5 Å². The standard InChI is InChI=1S/C30H30N4O4/c35-29(36)5-1-3-15-33-17-9-23(10-18-33)25-7-13-31-27(21-25)28-22-26(8-14-32-28)24-11-19-34(20-12-24)16-4-2-6-30(37)38/h7-14,17-22H,1-6,15-16H2/p+2. The molecule has 4 aromatic rings. The number of aromatic nitrogens is 4. The average Bonchev–Trinajstić information content (AvgIpc) is 2.94. The van der Waals surface area contributed by atoms with Crippen LogP contribution in [0.15, 0.2) is 85.7 Å². The molecule has 4 heterocycles. The molecule has 0 atom stereocenters. The highest BCUT2D eigenvalue weighted by Crippen LogP contribution is 2.26. The van der Waals surface area contributed by atoms with Gasteiger partial charge in [-0.2, -0.15) is 0 Å². The van der Waals surface area contributed by atoms with E-state index in [1.807, 2.05) is 49.1 Å². The average molecular weight is 513 g/mol. The van der Waals surface area contributed by atoms with E-state index in [0.29, 0.717) is 12.8 Å². The smallest absolute Gasteiger partial charge is 0.303 e. The molecule has 0 bridgehead atoms. The van der Waals surface area contributed by atoms with Crippen molar-refractivity contribution in [2.75, 3.05) is 0 Å². The van der Waals surface area contributed by atoms with Gasteiger partial charge in [0.2, 0.25) is 0 Å². The summed E-state index contributed by atoms with van der Waals surface area (Å²) >= 11 is 0. The zero-order chi connectivity index (χ0) is 26.7. The molecule has 0 saturated heterocycles. The van der Waals surface area contributed by atoms with Gasteiger partial charge in [-0.3, -0.25) is 19.6 Å². The topological polar surface area (TPSA) is 108 Å². The fourth-order valence-corrected chi connectivity index (χ4v) is 4.24. The van der Waals surface area contributed by atoms with E-state index < -0.39 is 11.9 Å². The van der Waals surface area contributed by atoms with Crippen molar-refractivity contribution in [1.82, 2.24) is 9.97 Å². The Kier molecular flexibility index (Phi) is 9.23. The summed E-state index contributed by atoms with van der Waals surface area (Å²) in [4.78, 5) is 30.5. The van der Waals surface area contributed by atoms with Gasteiger partial charge in [0, 0.05) is 62.3 Å². The highest BCUT2D eigenvalue weighted by Gasteiger charge is 2.10. The number of hydrogen-bond donors (Lipinski definition) is 2. The molecule has 0 aliphatic rings. The third kappa shape index (κ3) is 7.77. The lowest BCUT2D eigenvalue weighted by molar-refractivity contribution is -0.697. The lowest BCUT2D eigenvalue weighted by atomic mass is 10.0. The lowest BCUT2D eigenvalue weighted by Crippen LogP contribution is -2.32. The Morgan fingerprint density at radius 3 is 1.34 bits per heavy atom. The summed E-state index contributed by atoms with van der Waals surface area (Å²) in [5, 5.41) is 17.6. The first-order valence-electron chi connectivity index (χ1n) is 12.8. The molecule has 2 N–H and O–H groups in total. The Bertz CT molecular complexity index is 1260. The number of unbranched alkanes of at least 4 members (excludes halogenated alkanes) is 2. The molecule has 0 amide bonds. The first-order valence-corrected chi connectivity index (χ1v) is 12.8. The van der Waals surface area contributed by atoms with Gasteiger partial charge >= 0.3 is 11.9 Å². The maximum Gasteiger partial charge on any atom is 0.303 e. The molecule has 0 aromatic carbocycles. The Labute approximate surface area is 221 Å². The van der Waals surface area contributed by atoms with Crippen molar-refractivity contribution in [3.05, 3.63) is 85.7 Å².